The van der Waals surface area contributed by atoms with Gasteiger partial charge in [0.25, 0.3) is 0 Å². The summed E-state index contributed by atoms with van der Waals surface area (Å²) >= 11 is 0. The van der Waals surface area contributed by atoms with Gasteiger partial charge in [-0.3, -0.25) is 9.69 Å². The Labute approximate surface area is 114 Å². The van der Waals surface area contributed by atoms with Crippen LogP contribution in [0.3, 0.4) is 0 Å². The summed E-state index contributed by atoms with van der Waals surface area (Å²) in [5.41, 5.74) is -0.485. The number of amides is 1. The summed E-state index contributed by atoms with van der Waals surface area (Å²) in [6.07, 6.45) is -0.159. The third-order valence-electron chi connectivity index (χ3n) is 3.03. The van der Waals surface area contributed by atoms with Crippen LogP contribution in [0.5, 0.6) is 0 Å². The van der Waals surface area contributed by atoms with Gasteiger partial charge in [0, 0.05) is 32.2 Å². The van der Waals surface area contributed by atoms with E-state index in [0.29, 0.717) is 26.2 Å². The van der Waals surface area contributed by atoms with Crippen molar-refractivity contribution in [2.45, 2.75) is 45.8 Å². The van der Waals surface area contributed by atoms with Crippen LogP contribution in [0.4, 0.5) is 4.79 Å². The number of piperazine rings is 1. The Balaban J connectivity index is 2.44. The number of ether oxygens (including phenoxy) is 1. The maximum atomic E-state index is 11.9. The highest BCUT2D eigenvalue weighted by atomic mass is 16.6. The molecule has 1 N–H and O–H groups in total. The number of nitrogens with zero attached hydrogens (tertiary/aromatic N) is 2. The summed E-state index contributed by atoms with van der Waals surface area (Å²) in [6.45, 7) is 9.91. The number of hydrogen-bond donors (Lipinski definition) is 1. The van der Waals surface area contributed by atoms with E-state index < -0.39 is 11.6 Å². The van der Waals surface area contributed by atoms with Gasteiger partial charge in [0.05, 0.1) is 6.42 Å². The first-order valence-corrected chi connectivity index (χ1v) is 6.63. The minimum atomic E-state index is -0.790. The van der Waals surface area contributed by atoms with Gasteiger partial charge in [-0.25, -0.2) is 4.79 Å². The number of carboxylic acid groups (broad SMARTS) is 1. The molecule has 1 aliphatic rings. The molecule has 110 valence electrons. The largest absolute Gasteiger partial charge is 0.481 e. The van der Waals surface area contributed by atoms with E-state index >= 15 is 0 Å². The van der Waals surface area contributed by atoms with Crippen LogP contribution in [-0.2, 0) is 9.53 Å². The molecule has 6 heteroatoms. The smallest absolute Gasteiger partial charge is 0.410 e. The predicted molar refractivity (Wildman–Crippen MR) is 71.1 cm³/mol. The standard InChI is InChI=1S/C13H24N2O4/c1-10-9-15(12(18)19-13(2,3)4)8-7-14(10)6-5-11(16)17/h10H,5-9H2,1-4H3,(H,16,17)/t10-/m1/s1. The van der Waals surface area contributed by atoms with Crippen molar-refractivity contribution in [2.75, 3.05) is 26.2 Å². The lowest BCUT2D eigenvalue weighted by atomic mass is 10.2. The highest BCUT2D eigenvalue weighted by molar-refractivity contribution is 5.68. The first kappa shape index (κ1) is 15.8. The van der Waals surface area contributed by atoms with Crippen LogP contribution in [0.15, 0.2) is 0 Å². The van der Waals surface area contributed by atoms with E-state index in [1.54, 1.807) is 4.90 Å². The van der Waals surface area contributed by atoms with E-state index in [0.717, 1.165) is 0 Å². The average Bonchev–Trinajstić information content (AvgIpc) is 2.24. The number of rotatable bonds is 3. The van der Waals surface area contributed by atoms with E-state index in [4.69, 9.17) is 9.84 Å². The summed E-state index contributed by atoms with van der Waals surface area (Å²) in [6, 6.07) is 0.153. The fraction of sp³-hybridized carbons (Fsp3) is 0.846. The predicted octanol–water partition coefficient (Wildman–Crippen LogP) is 1.40. The first-order valence-electron chi connectivity index (χ1n) is 6.63. The maximum Gasteiger partial charge on any atom is 0.410 e. The van der Waals surface area contributed by atoms with Crippen molar-refractivity contribution in [1.29, 1.82) is 0 Å². The van der Waals surface area contributed by atoms with E-state index in [1.165, 1.54) is 0 Å². The quantitative estimate of drug-likeness (QED) is 0.841. The van der Waals surface area contributed by atoms with Gasteiger partial charge in [-0.15, -0.1) is 0 Å². The molecular formula is C13H24N2O4. The number of carboxylic acids is 1. The molecule has 0 unspecified atom stereocenters. The SMILES string of the molecule is C[C@@H]1CN(C(=O)OC(C)(C)C)CCN1CCC(=O)O. The Morgan fingerprint density at radius 2 is 1.95 bits per heavy atom. The lowest BCUT2D eigenvalue weighted by Gasteiger charge is -2.39. The van der Waals surface area contributed by atoms with E-state index in [-0.39, 0.29) is 18.6 Å². The van der Waals surface area contributed by atoms with E-state index in [1.807, 2.05) is 27.7 Å². The van der Waals surface area contributed by atoms with Crippen LogP contribution in [0.1, 0.15) is 34.1 Å². The van der Waals surface area contributed by atoms with Gasteiger partial charge in [-0.2, -0.15) is 0 Å². The molecular weight excluding hydrogens is 248 g/mol. The highest BCUT2D eigenvalue weighted by Gasteiger charge is 2.29. The summed E-state index contributed by atoms with van der Waals surface area (Å²) in [4.78, 5) is 26.3. The second kappa shape index (κ2) is 6.23. The van der Waals surface area contributed by atoms with Crippen molar-refractivity contribution in [1.82, 2.24) is 9.80 Å². The van der Waals surface area contributed by atoms with Crippen LogP contribution in [0, 0.1) is 0 Å². The van der Waals surface area contributed by atoms with Crippen molar-refractivity contribution in [3.8, 4) is 0 Å². The number of aliphatic carboxylic acids is 1. The van der Waals surface area contributed by atoms with Crippen molar-refractivity contribution in [2.24, 2.45) is 0 Å². The Morgan fingerprint density at radius 1 is 1.32 bits per heavy atom. The fourth-order valence-electron chi connectivity index (χ4n) is 2.06. The molecule has 19 heavy (non-hydrogen) atoms. The van der Waals surface area contributed by atoms with Gasteiger partial charge in [-0.05, 0) is 27.7 Å². The average molecular weight is 272 g/mol. The van der Waals surface area contributed by atoms with Gasteiger partial charge in [0.2, 0.25) is 0 Å². The normalized spacial score (nSPS) is 21.3. The molecule has 1 atom stereocenters. The Morgan fingerprint density at radius 3 is 2.42 bits per heavy atom. The van der Waals surface area contributed by atoms with Gasteiger partial charge < -0.3 is 14.7 Å². The highest BCUT2D eigenvalue weighted by Crippen LogP contribution is 2.14. The zero-order chi connectivity index (χ0) is 14.6. The molecule has 6 nitrogen and oxygen atoms in total. The van der Waals surface area contributed by atoms with Crippen molar-refractivity contribution >= 4 is 12.1 Å². The molecule has 1 amide bonds. The minimum absolute atomic E-state index is 0.136. The summed E-state index contributed by atoms with van der Waals surface area (Å²) < 4.78 is 5.33. The molecule has 0 bridgehead atoms. The molecule has 1 rings (SSSR count). The lowest BCUT2D eigenvalue weighted by molar-refractivity contribution is -0.137. The molecule has 1 heterocycles. The Hall–Kier alpha value is -1.30. The first-order chi connectivity index (χ1) is 8.69. The zero-order valence-corrected chi connectivity index (χ0v) is 12.2. The van der Waals surface area contributed by atoms with Gasteiger partial charge in [0.1, 0.15) is 5.60 Å². The topological polar surface area (TPSA) is 70.1 Å². The number of carbonyl (C=O) groups is 2. The summed E-state index contributed by atoms with van der Waals surface area (Å²) in [7, 11) is 0. The van der Waals surface area contributed by atoms with Crippen LogP contribution < -0.4 is 0 Å². The van der Waals surface area contributed by atoms with Gasteiger partial charge >= 0.3 is 12.1 Å². The minimum Gasteiger partial charge on any atom is -0.481 e. The van der Waals surface area contributed by atoms with Crippen LogP contribution in [0.2, 0.25) is 0 Å². The lowest BCUT2D eigenvalue weighted by Crippen LogP contribution is -2.54. The third kappa shape index (κ3) is 5.46. The molecule has 1 aliphatic heterocycles. The van der Waals surface area contributed by atoms with Crippen molar-refractivity contribution in [3.05, 3.63) is 0 Å². The van der Waals surface area contributed by atoms with Crippen molar-refractivity contribution < 1.29 is 19.4 Å². The van der Waals surface area contributed by atoms with Crippen molar-refractivity contribution in [3.63, 3.8) is 0 Å². The molecule has 0 spiro atoms. The molecule has 1 fully saturated rings. The van der Waals surface area contributed by atoms with E-state index in [2.05, 4.69) is 4.90 Å². The second-order valence-corrected chi connectivity index (χ2v) is 5.96. The monoisotopic (exact) mass is 272 g/mol. The maximum absolute atomic E-state index is 11.9. The fourth-order valence-corrected chi connectivity index (χ4v) is 2.06. The van der Waals surface area contributed by atoms with Crippen LogP contribution >= 0.6 is 0 Å². The summed E-state index contributed by atoms with van der Waals surface area (Å²) in [5.74, 6) is -0.790. The Kier molecular flexibility index (Phi) is 5.17. The molecule has 0 aromatic rings. The molecule has 0 aromatic carbocycles. The summed E-state index contributed by atoms with van der Waals surface area (Å²) in [5, 5.41) is 8.69. The molecule has 1 saturated heterocycles. The molecule has 0 radical (unpaired) electrons. The van der Waals surface area contributed by atoms with Gasteiger partial charge in [-0.1, -0.05) is 0 Å². The number of carbonyl (C=O) groups excluding carboxylic acids is 1. The molecule has 0 saturated carbocycles. The van der Waals surface area contributed by atoms with Crippen LogP contribution in [0.25, 0.3) is 0 Å². The third-order valence-corrected chi connectivity index (χ3v) is 3.03. The number of hydrogen-bond acceptors (Lipinski definition) is 4. The second-order valence-electron chi connectivity index (χ2n) is 5.96. The molecule has 0 aliphatic carbocycles. The van der Waals surface area contributed by atoms with E-state index in [9.17, 15) is 9.59 Å². The zero-order valence-electron chi connectivity index (χ0n) is 12.2. The van der Waals surface area contributed by atoms with Crippen LogP contribution in [-0.4, -0.2) is 64.8 Å². The molecule has 0 aromatic heterocycles. The Bertz CT molecular complexity index is 338. The van der Waals surface area contributed by atoms with Gasteiger partial charge in [0.15, 0.2) is 0 Å².